The lowest BCUT2D eigenvalue weighted by Crippen LogP contribution is -2.22. The Labute approximate surface area is 136 Å². The molecule has 3 rings (SSSR count). The van der Waals surface area contributed by atoms with Crippen molar-refractivity contribution >= 4 is 28.5 Å². The van der Waals surface area contributed by atoms with E-state index in [1.54, 1.807) is 42.5 Å². The second kappa shape index (κ2) is 5.78. The lowest BCUT2D eigenvalue weighted by molar-refractivity contribution is 0.0997. The number of nitrogens with two attached hydrogens (primary N) is 1. The Morgan fingerprint density at radius 3 is 2.48 bits per heavy atom. The molecule has 2 N–H and O–H groups in total. The van der Waals surface area contributed by atoms with E-state index in [1.165, 1.54) is 7.11 Å². The third-order valence-electron chi connectivity index (χ3n) is 3.49. The molecule has 0 saturated heterocycles. The molecule has 0 unspecified atom stereocenters. The molecule has 2 aromatic carbocycles. The van der Waals surface area contributed by atoms with E-state index in [4.69, 9.17) is 26.5 Å². The first-order valence-electron chi connectivity index (χ1n) is 6.72. The summed E-state index contributed by atoms with van der Waals surface area (Å²) in [7, 11) is 1.53. The molecule has 0 aliphatic carbocycles. The van der Waals surface area contributed by atoms with Gasteiger partial charge in [0.1, 0.15) is 16.9 Å². The number of rotatable bonds is 3. The number of methoxy groups -OCH3 is 1. The second-order valence-corrected chi connectivity index (χ2v) is 5.31. The zero-order valence-electron chi connectivity index (χ0n) is 12.1. The van der Waals surface area contributed by atoms with E-state index in [0.717, 1.165) is 0 Å². The van der Waals surface area contributed by atoms with Crippen molar-refractivity contribution in [3.05, 3.63) is 63.5 Å². The van der Waals surface area contributed by atoms with Crippen molar-refractivity contribution in [3.63, 3.8) is 0 Å². The van der Waals surface area contributed by atoms with Crippen LogP contribution in [0.1, 0.15) is 10.4 Å². The van der Waals surface area contributed by atoms with E-state index in [1.807, 2.05) is 0 Å². The summed E-state index contributed by atoms with van der Waals surface area (Å²) < 4.78 is 10.4. The summed E-state index contributed by atoms with van der Waals surface area (Å²) in [6.45, 7) is 0. The highest BCUT2D eigenvalue weighted by molar-refractivity contribution is 6.30. The van der Waals surface area contributed by atoms with Gasteiger partial charge in [-0.25, -0.2) is 4.79 Å². The molecule has 0 spiro atoms. The minimum absolute atomic E-state index is 0.201. The summed E-state index contributed by atoms with van der Waals surface area (Å²) in [4.78, 5) is 24.0. The first-order chi connectivity index (χ1) is 11.0. The van der Waals surface area contributed by atoms with E-state index in [2.05, 4.69) is 0 Å². The number of amides is 1. The van der Waals surface area contributed by atoms with Crippen LogP contribution in [0.4, 0.5) is 0 Å². The number of ether oxygens (including phenoxy) is 1. The Hall–Kier alpha value is -2.79. The molecule has 0 fully saturated rings. The van der Waals surface area contributed by atoms with Crippen LogP contribution in [0.2, 0.25) is 5.02 Å². The summed E-state index contributed by atoms with van der Waals surface area (Å²) in [5.41, 5.74) is 5.78. The predicted octanol–water partition coefficient (Wildman–Crippen LogP) is 3.22. The molecular formula is C17H12ClNO4. The lowest BCUT2D eigenvalue weighted by Gasteiger charge is -2.11. The maximum Gasteiger partial charge on any atom is 0.349 e. The van der Waals surface area contributed by atoms with Crippen molar-refractivity contribution in [1.82, 2.24) is 0 Å². The monoisotopic (exact) mass is 329 g/mol. The van der Waals surface area contributed by atoms with Crippen LogP contribution < -0.4 is 16.1 Å². The Morgan fingerprint density at radius 1 is 1.17 bits per heavy atom. The predicted molar refractivity (Wildman–Crippen MR) is 88.0 cm³/mol. The quantitative estimate of drug-likeness (QED) is 0.748. The smallest absolute Gasteiger partial charge is 0.349 e. The zero-order valence-corrected chi connectivity index (χ0v) is 12.9. The van der Waals surface area contributed by atoms with E-state index < -0.39 is 11.5 Å². The van der Waals surface area contributed by atoms with Crippen LogP contribution in [0.3, 0.4) is 0 Å². The van der Waals surface area contributed by atoms with Gasteiger partial charge in [-0.2, -0.15) is 0 Å². The molecule has 0 aliphatic heterocycles. The van der Waals surface area contributed by atoms with Gasteiger partial charge in [-0.15, -0.1) is 0 Å². The zero-order chi connectivity index (χ0) is 16.6. The van der Waals surface area contributed by atoms with E-state index >= 15 is 0 Å². The van der Waals surface area contributed by atoms with Gasteiger partial charge in [0.05, 0.1) is 7.11 Å². The average Bonchev–Trinajstić information content (AvgIpc) is 2.53. The highest BCUT2D eigenvalue weighted by Gasteiger charge is 2.20. The van der Waals surface area contributed by atoms with Crippen LogP contribution in [0.15, 0.2) is 51.7 Å². The van der Waals surface area contributed by atoms with Gasteiger partial charge in [0.2, 0.25) is 0 Å². The normalized spacial score (nSPS) is 10.7. The highest BCUT2D eigenvalue weighted by Crippen LogP contribution is 2.33. The molecule has 0 bridgehead atoms. The van der Waals surface area contributed by atoms with Crippen molar-refractivity contribution < 1.29 is 13.9 Å². The van der Waals surface area contributed by atoms with Crippen molar-refractivity contribution in [2.45, 2.75) is 0 Å². The van der Waals surface area contributed by atoms with E-state index in [9.17, 15) is 9.59 Å². The molecule has 0 atom stereocenters. The van der Waals surface area contributed by atoms with Crippen LogP contribution >= 0.6 is 11.6 Å². The van der Waals surface area contributed by atoms with Gasteiger partial charge in [-0.3, -0.25) is 4.79 Å². The topological polar surface area (TPSA) is 82.5 Å². The van der Waals surface area contributed by atoms with Crippen molar-refractivity contribution in [1.29, 1.82) is 0 Å². The molecule has 23 heavy (non-hydrogen) atoms. The standard InChI is InChI=1S/C17H12ClNO4/c1-22-11-6-7-13-12(8-11)14(9-2-4-10(18)5-3-9)15(16(19)20)17(21)23-13/h2-8H,1H3,(H2,19,20). The number of benzene rings is 2. The maximum absolute atomic E-state index is 12.2. The van der Waals surface area contributed by atoms with Gasteiger partial charge < -0.3 is 14.9 Å². The van der Waals surface area contributed by atoms with Crippen molar-refractivity contribution in [2.24, 2.45) is 5.73 Å². The Morgan fingerprint density at radius 2 is 1.87 bits per heavy atom. The minimum atomic E-state index is -0.853. The number of hydrogen-bond acceptors (Lipinski definition) is 4. The number of primary amides is 1. The van der Waals surface area contributed by atoms with Gasteiger partial charge in [0.25, 0.3) is 5.91 Å². The molecule has 0 radical (unpaired) electrons. The minimum Gasteiger partial charge on any atom is -0.497 e. The summed E-state index contributed by atoms with van der Waals surface area (Å²) in [5, 5.41) is 1.10. The third-order valence-corrected chi connectivity index (χ3v) is 3.74. The molecule has 116 valence electrons. The number of hydrogen-bond donors (Lipinski definition) is 1. The first-order valence-corrected chi connectivity index (χ1v) is 7.09. The molecular weight excluding hydrogens is 318 g/mol. The fourth-order valence-corrected chi connectivity index (χ4v) is 2.57. The average molecular weight is 330 g/mol. The van der Waals surface area contributed by atoms with Crippen LogP contribution in [-0.2, 0) is 0 Å². The lowest BCUT2D eigenvalue weighted by atomic mass is 9.96. The molecule has 3 aromatic rings. The van der Waals surface area contributed by atoms with Crippen LogP contribution in [0.25, 0.3) is 22.1 Å². The molecule has 6 heteroatoms. The molecule has 5 nitrogen and oxygen atoms in total. The number of fused-ring (bicyclic) bond motifs is 1. The summed E-state index contributed by atoms with van der Waals surface area (Å²) in [6.07, 6.45) is 0. The van der Waals surface area contributed by atoms with Gasteiger partial charge in [-0.05, 0) is 35.9 Å². The largest absolute Gasteiger partial charge is 0.497 e. The molecule has 1 aromatic heterocycles. The summed E-state index contributed by atoms with van der Waals surface area (Å²) in [5.74, 6) is -0.287. The third kappa shape index (κ3) is 2.66. The fraction of sp³-hybridized carbons (Fsp3) is 0.0588. The van der Waals surface area contributed by atoms with Crippen molar-refractivity contribution in [2.75, 3.05) is 7.11 Å². The van der Waals surface area contributed by atoms with Gasteiger partial charge >= 0.3 is 5.63 Å². The molecule has 1 heterocycles. The number of carbonyl (C=O) groups excluding carboxylic acids is 1. The first kappa shape index (κ1) is 15.1. The van der Waals surface area contributed by atoms with Gasteiger partial charge in [0, 0.05) is 16.0 Å². The summed E-state index contributed by atoms with van der Waals surface area (Å²) >= 11 is 5.91. The highest BCUT2D eigenvalue weighted by atomic mass is 35.5. The molecule has 1 amide bonds. The SMILES string of the molecule is COc1ccc2oc(=O)c(C(N)=O)c(-c3ccc(Cl)cc3)c2c1. The van der Waals surface area contributed by atoms with Gasteiger partial charge in [-0.1, -0.05) is 23.7 Å². The van der Waals surface area contributed by atoms with Crippen LogP contribution in [0, 0.1) is 0 Å². The van der Waals surface area contributed by atoms with Crippen LogP contribution in [0.5, 0.6) is 5.75 Å². The van der Waals surface area contributed by atoms with Gasteiger partial charge in [0.15, 0.2) is 0 Å². The Balaban J connectivity index is 2.47. The second-order valence-electron chi connectivity index (χ2n) is 4.87. The Kier molecular flexibility index (Phi) is 3.80. The Bertz CT molecular complexity index is 961. The van der Waals surface area contributed by atoms with Crippen molar-refractivity contribution in [3.8, 4) is 16.9 Å². The number of halogens is 1. The fourth-order valence-electron chi connectivity index (χ4n) is 2.45. The van der Waals surface area contributed by atoms with Crippen LogP contribution in [-0.4, -0.2) is 13.0 Å². The molecule has 0 saturated carbocycles. The summed E-state index contributed by atoms with van der Waals surface area (Å²) in [6, 6.07) is 11.7. The van der Waals surface area contributed by atoms with E-state index in [-0.39, 0.29) is 5.56 Å². The van der Waals surface area contributed by atoms with E-state index in [0.29, 0.717) is 32.9 Å². The number of carbonyl (C=O) groups is 1. The maximum atomic E-state index is 12.2. The molecule has 0 aliphatic rings.